The van der Waals surface area contributed by atoms with Crippen molar-refractivity contribution in [2.75, 3.05) is 40.4 Å². The molecule has 4 fully saturated rings. The molecule has 0 unspecified atom stereocenters. The highest BCUT2D eigenvalue weighted by atomic mass is 16.5. The molecule has 2 aliphatic carbocycles. The maximum Gasteiger partial charge on any atom is 0.337 e. The van der Waals surface area contributed by atoms with Crippen molar-refractivity contribution >= 4 is 11.9 Å². The highest BCUT2D eigenvalue weighted by Crippen LogP contribution is 2.43. The van der Waals surface area contributed by atoms with Crippen LogP contribution in [0.3, 0.4) is 0 Å². The molecule has 0 amide bonds. The van der Waals surface area contributed by atoms with Crippen molar-refractivity contribution in [3.05, 3.63) is 69.8 Å². The number of esters is 2. The average Bonchev–Trinajstić information content (AvgIpc) is 3.90. The van der Waals surface area contributed by atoms with Crippen molar-refractivity contribution < 1.29 is 19.1 Å². The summed E-state index contributed by atoms with van der Waals surface area (Å²) in [5.74, 6) is 2.09. The first kappa shape index (κ1) is 26.9. The second-order valence-corrected chi connectivity index (χ2v) is 11.4. The Hall–Kier alpha value is -2.70. The molecule has 0 atom stereocenters. The molecule has 6 nitrogen and oxygen atoms in total. The zero-order chi connectivity index (χ0) is 26.5. The minimum absolute atomic E-state index is 0.210. The van der Waals surface area contributed by atoms with Crippen LogP contribution in [0.15, 0.2) is 36.4 Å². The molecule has 0 radical (unpaired) electrons. The average molecular weight is 519 g/mol. The number of rotatable bonds is 6. The predicted octanol–water partition coefficient (Wildman–Crippen LogP) is 5.64. The minimum atomic E-state index is -0.210. The Morgan fingerprint density at radius 1 is 0.526 bits per heavy atom. The van der Waals surface area contributed by atoms with Gasteiger partial charge in [-0.2, -0.15) is 0 Å². The molecule has 2 aromatic rings. The lowest BCUT2D eigenvalue weighted by Gasteiger charge is -2.24. The van der Waals surface area contributed by atoms with Gasteiger partial charge < -0.3 is 20.1 Å². The van der Waals surface area contributed by atoms with Gasteiger partial charge in [-0.05, 0) is 148 Å². The van der Waals surface area contributed by atoms with Gasteiger partial charge in [0.2, 0.25) is 0 Å². The number of ether oxygens (including phenoxy) is 2. The molecule has 6 rings (SSSR count). The van der Waals surface area contributed by atoms with Crippen molar-refractivity contribution in [1.82, 2.24) is 10.6 Å². The van der Waals surface area contributed by atoms with Crippen LogP contribution in [0, 0.1) is 0 Å². The summed E-state index contributed by atoms with van der Waals surface area (Å²) in [6.45, 7) is 4.30. The van der Waals surface area contributed by atoms with Crippen LogP contribution in [0.25, 0.3) is 0 Å². The maximum absolute atomic E-state index is 11.8. The topological polar surface area (TPSA) is 76.7 Å². The monoisotopic (exact) mass is 518 g/mol. The van der Waals surface area contributed by atoms with Crippen LogP contribution in [0.4, 0.5) is 0 Å². The van der Waals surface area contributed by atoms with Gasteiger partial charge in [0.1, 0.15) is 0 Å². The van der Waals surface area contributed by atoms with Crippen LogP contribution in [-0.2, 0) is 9.47 Å². The van der Waals surface area contributed by atoms with Crippen LogP contribution in [0.5, 0.6) is 0 Å². The Morgan fingerprint density at radius 3 is 1.08 bits per heavy atom. The van der Waals surface area contributed by atoms with Gasteiger partial charge in [0, 0.05) is 0 Å². The van der Waals surface area contributed by atoms with Gasteiger partial charge in [-0.15, -0.1) is 0 Å². The molecule has 6 heteroatoms. The molecule has 2 heterocycles. The predicted molar refractivity (Wildman–Crippen MR) is 149 cm³/mol. The van der Waals surface area contributed by atoms with Crippen LogP contribution >= 0.6 is 0 Å². The molecule has 0 aromatic heterocycles. The van der Waals surface area contributed by atoms with Crippen LogP contribution in [-0.4, -0.2) is 52.3 Å². The second-order valence-electron chi connectivity index (χ2n) is 11.4. The Morgan fingerprint density at radius 2 is 0.816 bits per heavy atom. The zero-order valence-electron chi connectivity index (χ0n) is 22.9. The van der Waals surface area contributed by atoms with Gasteiger partial charge in [-0.25, -0.2) is 9.59 Å². The first-order valence-corrected chi connectivity index (χ1v) is 14.4. The molecular weight excluding hydrogens is 476 g/mol. The lowest BCUT2D eigenvalue weighted by molar-refractivity contribution is 0.0591. The standard InChI is InChI=1S/2C16H21NO2/c2*1-19-16(18)15-9-13(11-2-3-11)8-14(10-15)12-4-6-17-7-5-12/h2*8-12,17H,2-7H2,1H3. The third kappa shape index (κ3) is 6.83. The summed E-state index contributed by atoms with van der Waals surface area (Å²) in [5.41, 5.74) is 6.76. The smallest absolute Gasteiger partial charge is 0.337 e. The van der Waals surface area contributed by atoms with E-state index in [0.717, 1.165) is 63.0 Å². The number of piperidine rings is 2. The Balaban J connectivity index is 0.000000155. The molecule has 2 saturated carbocycles. The molecule has 2 aliphatic heterocycles. The lowest BCUT2D eigenvalue weighted by Crippen LogP contribution is -2.26. The van der Waals surface area contributed by atoms with Crippen molar-refractivity contribution in [1.29, 1.82) is 0 Å². The van der Waals surface area contributed by atoms with E-state index in [2.05, 4.69) is 22.8 Å². The van der Waals surface area contributed by atoms with Gasteiger partial charge in [-0.1, -0.05) is 12.1 Å². The molecule has 2 N–H and O–H groups in total. The minimum Gasteiger partial charge on any atom is -0.465 e. The van der Waals surface area contributed by atoms with E-state index in [1.807, 2.05) is 24.3 Å². The van der Waals surface area contributed by atoms with E-state index in [-0.39, 0.29) is 11.9 Å². The highest BCUT2D eigenvalue weighted by molar-refractivity contribution is 5.90. The van der Waals surface area contributed by atoms with E-state index in [1.54, 1.807) is 0 Å². The van der Waals surface area contributed by atoms with Crippen LogP contribution < -0.4 is 10.6 Å². The summed E-state index contributed by atoms with van der Waals surface area (Å²) in [6, 6.07) is 12.8. The van der Waals surface area contributed by atoms with E-state index in [4.69, 9.17) is 9.47 Å². The Labute approximate surface area is 226 Å². The van der Waals surface area contributed by atoms with E-state index in [1.165, 1.54) is 62.2 Å². The van der Waals surface area contributed by atoms with Gasteiger partial charge in [-0.3, -0.25) is 0 Å². The molecule has 204 valence electrons. The van der Waals surface area contributed by atoms with Crippen LogP contribution in [0.1, 0.15) is 118 Å². The second kappa shape index (κ2) is 12.4. The summed E-state index contributed by atoms with van der Waals surface area (Å²) in [6.07, 6.45) is 9.69. The molecular formula is C32H42N2O4. The number of methoxy groups -OCH3 is 2. The van der Waals surface area contributed by atoms with E-state index >= 15 is 0 Å². The number of carbonyl (C=O) groups is 2. The molecule has 2 saturated heterocycles. The Bertz CT molecular complexity index is 1040. The fourth-order valence-electron chi connectivity index (χ4n) is 5.91. The van der Waals surface area contributed by atoms with Gasteiger partial charge >= 0.3 is 11.9 Å². The SMILES string of the molecule is COC(=O)c1cc(C2CCNCC2)cc(C2CC2)c1.COC(=O)c1cc(C2CCNCC2)cc(C2CC2)c1. The van der Waals surface area contributed by atoms with Gasteiger partial charge in [0.25, 0.3) is 0 Å². The largest absolute Gasteiger partial charge is 0.465 e. The van der Waals surface area contributed by atoms with Crippen molar-refractivity contribution in [2.24, 2.45) is 0 Å². The summed E-state index contributed by atoms with van der Waals surface area (Å²) in [7, 11) is 2.91. The number of carbonyl (C=O) groups excluding carboxylic acids is 2. The van der Waals surface area contributed by atoms with Crippen LogP contribution in [0.2, 0.25) is 0 Å². The third-order valence-corrected chi connectivity index (χ3v) is 8.52. The summed E-state index contributed by atoms with van der Waals surface area (Å²) >= 11 is 0. The van der Waals surface area contributed by atoms with Gasteiger partial charge in [0.15, 0.2) is 0 Å². The maximum atomic E-state index is 11.8. The van der Waals surface area contributed by atoms with E-state index < -0.39 is 0 Å². The fourth-order valence-corrected chi connectivity index (χ4v) is 5.91. The number of benzene rings is 2. The fraction of sp³-hybridized carbons (Fsp3) is 0.562. The normalized spacial score (nSPS) is 20.3. The number of nitrogens with one attached hydrogen (secondary N) is 2. The first-order chi connectivity index (χ1) is 18.6. The number of hydrogen-bond acceptors (Lipinski definition) is 6. The van der Waals surface area contributed by atoms with E-state index in [9.17, 15) is 9.59 Å². The molecule has 4 aliphatic rings. The summed E-state index contributed by atoms with van der Waals surface area (Å²) in [5, 5.41) is 6.78. The van der Waals surface area contributed by atoms with Gasteiger partial charge in [0.05, 0.1) is 25.3 Å². The zero-order valence-corrected chi connectivity index (χ0v) is 22.9. The first-order valence-electron chi connectivity index (χ1n) is 14.4. The lowest BCUT2D eigenvalue weighted by atomic mass is 9.87. The van der Waals surface area contributed by atoms with Crippen molar-refractivity contribution in [3.63, 3.8) is 0 Å². The van der Waals surface area contributed by atoms with Crippen molar-refractivity contribution in [3.8, 4) is 0 Å². The Kier molecular flexibility index (Phi) is 8.80. The molecule has 0 spiro atoms. The highest BCUT2D eigenvalue weighted by Gasteiger charge is 2.28. The summed E-state index contributed by atoms with van der Waals surface area (Å²) in [4.78, 5) is 23.6. The van der Waals surface area contributed by atoms with Crippen molar-refractivity contribution in [2.45, 2.75) is 75.0 Å². The number of hydrogen-bond donors (Lipinski definition) is 2. The summed E-state index contributed by atoms with van der Waals surface area (Å²) < 4.78 is 9.76. The molecule has 38 heavy (non-hydrogen) atoms. The molecule has 0 bridgehead atoms. The quantitative estimate of drug-likeness (QED) is 0.483. The van der Waals surface area contributed by atoms with E-state index in [0.29, 0.717) is 23.7 Å². The molecule has 2 aromatic carbocycles. The third-order valence-electron chi connectivity index (χ3n) is 8.52.